The molecule has 0 bridgehead atoms. The maximum atomic E-state index is 12.6. The van der Waals surface area contributed by atoms with E-state index in [0.29, 0.717) is 11.3 Å². The quantitative estimate of drug-likeness (QED) is 0.524. The first kappa shape index (κ1) is 19.9. The average molecular weight is 425 g/mol. The van der Waals surface area contributed by atoms with Crippen molar-refractivity contribution in [2.24, 2.45) is 0 Å². The maximum Gasteiger partial charge on any atom is 0.324 e. The number of aryl methyl sites for hydroxylation is 1. The van der Waals surface area contributed by atoms with Crippen molar-refractivity contribution in [1.82, 2.24) is 18.6 Å². The van der Waals surface area contributed by atoms with E-state index in [0.717, 1.165) is 11.7 Å². The van der Waals surface area contributed by atoms with E-state index in [1.54, 1.807) is 13.0 Å². The third-order valence-electron chi connectivity index (χ3n) is 3.46. The Hall–Kier alpha value is -2.90. The number of rotatable bonds is 7. The fourth-order valence-corrected chi connectivity index (χ4v) is 4.17. The van der Waals surface area contributed by atoms with Crippen LogP contribution in [0.4, 0.5) is 5.82 Å². The number of carbonyl (C=O) groups excluding carboxylic acids is 2. The van der Waals surface area contributed by atoms with Gasteiger partial charge in [-0.15, -0.1) is 0 Å². The second-order valence-corrected chi connectivity index (χ2v) is 7.92. The fraction of sp³-hybridized carbons (Fsp3) is 0.267. The number of amides is 1. The zero-order valence-corrected chi connectivity index (χ0v) is 16.3. The van der Waals surface area contributed by atoms with Gasteiger partial charge in [-0.05, 0) is 26.0 Å². The predicted molar refractivity (Wildman–Crippen MR) is 98.0 cm³/mol. The summed E-state index contributed by atoms with van der Waals surface area (Å²) in [6, 6.07) is 4.78. The monoisotopic (exact) mass is 425 g/mol. The second-order valence-electron chi connectivity index (χ2n) is 5.71. The van der Waals surface area contributed by atoms with Gasteiger partial charge < -0.3 is 14.6 Å². The lowest BCUT2D eigenvalue weighted by atomic mass is 10.3. The molecule has 11 nitrogen and oxygen atoms in total. The molecule has 0 aliphatic carbocycles. The van der Waals surface area contributed by atoms with E-state index in [4.69, 9.17) is 9.26 Å². The highest BCUT2D eigenvalue weighted by Crippen LogP contribution is 2.21. The summed E-state index contributed by atoms with van der Waals surface area (Å²) in [5.41, 5.74) is 0.644. The van der Waals surface area contributed by atoms with Crippen LogP contribution in [0.15, 0.2) is 33.7 Å². The number of hydrogen-bond acceptors (Lipinski definition) is 10. The molecule has 1 unspecified atom stereocenters. The van der Waals surface area contributed by atoms with Gasteiger partial charge in [0.25, 0.3) is 5.91 Å². The van der Waals surface area contributed by atoms with Gasteiger partial charge in [0.05, 0.1) is 11.7 Å². The van der Waals surface area contributed by atoms with Crippen LogP contribution in [0.3, 0.4) is 0 Å². The summed E-state index contributed by atoms with van der Waals surface area (Å²) in [6.45, 7) is 2.35. The van der Waals surface area contributed by atoms with Gasteiger partial charge in [-0.1, -0.05) is 11.2 Å². The molecule has 2 N–H and O–H groups in total. The summed E-state index contributed by atoms with van der Waals surface area (Å²) in [6.07, 6.45) is 0. The van der Waals surface area contributed by atoms with Crippen molar-refractivity contribution in [2.75, 3.05) is 11.9 Å². The number of fused-ring (bicyclic) bond motifs is 1. The van der Waals surface area contributed by atoms with Crippen molar-refractivity contribution in [1.29, 1.82) is 0 Å². The highest BCUT2D eigenvalue weighted by atomic mass is 32.2. The number of sulfonamides is 1. The Balaban J connectivity index is 1.59. The van der Waals surface area contributed by atoms with Crippen LogP contribution >= 0.6 is 11.7 Å². The number of esters is 1. The van der Waals surface area contributed by atoms with E-state index in [2.05, 4.69) is 23.9 Å². The minimum Gasteiger partial charge on any atom is -0.454 e. The molecule has 0 spiro atoms. The number of carbonyl (C=O) groups is 2. The number of anilines is 1. The molecule has 3 rings (SSSR count). The van der Waals surface area contributed by atoms with Gasteiger partial charge in [0.1, 0.15) is 27.7 Å². The molecule has 28 heavy (non-hydrogen) atoms. The minimum atomic E-state index is -4.06. The van der Waals surface area contributed by atoms with E-state index in [1.165, 1.54) is 25.1 Å². The topological polar surface area (TPSA) is 153 Å². The van der Waals surface area contributed by atoms with Gasteiger partial charge >= 0.3 is 5.97 Å². The van der Waals surface area contributed by atoms with Crippen LogP contribution in [-0.2, 0) is 24.3 Å². The van der Waals surface area contributed by atoms with E-state index in [1.807, 2.05) is 0 Å². The summed E-state index contributed by atoms with van der Waals surface area (Å²) < 4.78 is 44.9. The highest BCUT2D eigenvalue weighted by molar-refractivity contribution is 7.89. The summed E-state index contributed by atoms with van der Waals surface area (Å²) in [5.74, 6) is -0.883. The Morgan fingerprint density at radius 3 is 2.82 bits per heavy atom. The molecular formula is C15H15N5O6S2. The van der Waals surface area contributed by atoms with Crippen LogP contribution in [0.25, 0.3) is 11.0 Å². The summed E-state index contributed by atoms with van der Waals surface area (Å²) in [5, 5.41) is 5.95. The molecule has 148 valence electrons. The van der Waals surface area contributed by atoms with Gasteiger partial charge in [0.2, 0.25) is 10.0 Å². The third kappa shape index (κ3) is 4.49. The SMILES string of the molecule is Cc1cc(NC(=O)COC(=O)C(C)NS(=O)(=O)c2cccc3nsnc23)no1. The van der Waals surface area contributed by atoms with E-state index >= 15 is 0 Å². The molecule has 0 aliphatic rings. The Labute approximate surface area is 163 Å². The lowest BCUT2D eigenvalue weighted by molar-refractivity contribution is -0.148. The Morgan fingerprint density at radius 1 is 1.32 bits per heavy atom. The Morgan fingerprint density at radius 2 is 2.11 bits per heavy atom. The zero-order chi connectivity index (χ0) is 20.3. The van der Waals surface area contributed by atoms with E-state index < -0.39 is 34.5 Å². The van der Waals surface area contributed by atoms with Crippen LogP contribution in [0, 0.1) is 6.92 Å². The molecule has 0 saturated carbocycles. The summed E-state index contributed by atoms with van der Waals surface area (Å²) >= 11 is 0.882. The minimum absolute atomic E-state index is 0.0995. The van der Waals surface area contributed by atoms with Crippen LogP contribution in [0.1, 0.15) is 12.7 Å². The first-order valence-corrected chi connectivity index (χ1v) is 10.1. The molecule has 2 heterocycles. The van der Waals surface area contributed by atoms with Crippen molar-refractivity contribution in [3.8, 4) is 0 Å². The zero-order valence-electron chi connectivity index (χ0n) is 14.7. The first-order chi connectivity index (χ1) is 13.3. The third-order valence-corrected chi connectivity index (χ3v) is 5.58. The number of nitrogens with zero attached hydrogens (tertiary/aromatic N) is 3. The predicted octanol–water partition coefficient (Wildman–Crippen LogP) is 0.836. The van der Waals surface area contributed by atoms with E-state index in [9.17, 15) is 18.0 Å². The Bertz CT molecular complexity index is 1120. The summed E-state index contributed by atoms with van der Waals surface area (Å²) in [4.78, 5) is 23.7. The highest BCUT2D eigenvalue weighted by Gasteiger charge is 2.26. The van der Waals surface area contributed by atoms with Crippen molar-refractivity contribution in [2.45, 2.75) is 24.8 Å². The average Bonchev–Trinajstić information content (AvgIpc) is 3.27. The molecule has 3 aromatic rings. The van der Waals surface area contributed by atoms with Crippen LogP contribution < -0.4 is 10.0 Å². The fourth-order valence-electron chi connectivity index (χ4n) is 2.21. The normalized spacial score (nSPS) is 12.6. The lowest BCUT2D eigenvalue weighted by Gasteiger charge is -2.13. The van der Waals surface area contributed by atoms with Crippen molar-refractivity contribution in [3.05, 3.63) is 30.0 Å². The van der Waals surface area contributed by atoms with E-state index in [-0.39, 0.29) is 16.2 Å². The van der Waals surface area contributed by atoms with Crippen molar-refractivity contribution in [3.63, 3.8) is 0 Å². The molecule has 1 aromatic carbocycles. The molecule has 0 radical (unpaired) electrons. The molecule has 0 aliphatic heterocycles. The lowest BCUT2D eigenvalue weighted by Crippen LogP contribution is -2.40. The molecule has 0 saturated heterocycles. The molecular weight excluding hydrogens is 410 g/mol. The molecule has 13 heteroatoms. The van der Waals surface area contributed by atoms with Gasteiger partial charge in [0, 0.05) is 6.07 Å². The van der Waals surface area contributed by atoms with Gasteiger partial charge in [0.15, 0.2) is 12.4 Å². The largest absolute Gasteiger partial charge is 0.454 e. The number of benzene rings is 1. The first-order valence-electron chi connectivity index (χ1n) is 7.89. The molecule has 1 atom stereocenters. The van der Waals surface area contributed by atoms with Crippen molar-refractivity contribution >= 4 is 50.5 Å². The molecule has 1 amide bonds. The smallest absolute Gasteiger partial charge is 0.324 e. The summed E-state index contributed by atoms with van der Waals surface area (Å²) in [7, 11) is -4.06. The maximum absolute atomic E-state index is 12.6. The van der Waals surface area contributed by atoms with Crippen LogP contribution in [0.2, 0.25) is 0 Å². The molecule has 2 aromatic heterocycles. The van der Waals surface area contributed by atoms with Gasteiger partial charge in [-0.2, -0.15) is 13.5 Å². The Kier molecular flexibility index (Phi) is 5.67. The second kappa shape index (κ2) is 8.00. The number of aromatic nitrogens is 3. The standard InChI is InChI=1S/C15H15N5O6S2/c1-8-6-12(17-26-8)16-13(21)7-25-15(22)9(2)20-28(23,24)11-5-3-4-10-14(11)19-27-18-10/h3-6,9,20H,7H2,1-2H3,(H,16,17,21). The number of ether oxygens (including phenoxy) is 1. The number of nitrogens with one attached hydrogen (secondary N) is 2. The van der Waals surface area contributed by atoms with Crippen LogP contribution in [0.5, 0.6) is 0 Å². The van der Waals surface area contributed by atoms with Crippen LogP contribution in [-0.4, -0.2) is 46.8 Å². The molecule has 0 fully saturated rings. The van der Waals surface area contributed by atoms with Gasteiger partial charge in [-0.25, -0.2) is 8.42 Å². The number of hydrogen-bond donors (Lipinski definition) is 2. The van der Waals surface area contributed by atoms with Crippen molar-refractivity contribution < 1.29 is 27.3 Å². The van der Waals surface area contributed by atoms with Gasteiger partial charge in [-0.3, -0.25) is 9.59 Å².